The van der Waals surface area contributed by atoms with Crippen LogP contribution in [0.25, 0.3) is 11.5 Å². The van der Waals surface area contributed by atoms with Crippen LogP contribution in [0.3, 0.4) is 0 Å². The van der Waals surface area contributed by atoms with E-state index in [2.05, 4.69) is 17.1 Å². The molecule has 0 bridgehead atoms. The summed E-state index contributed by atoms with van der Waals surface area (Å²) < 4.78 is 5.22. The molecule has 1 aromatic carbocycles. The van der Waals surface area contributed by atoms with Crippen LogP contribution in [-0.2, 0) is 0 Å². The minimum absolute atomic E-state index is 0.176. The van der Waals surface area contributed by atoms with Crippen molar-refractivity contribution in [2.24, 2.45) is 5.92 Å². The van der Waals surface area contributed by atoms with Gasteiger partial charge in [0.1, 0.15) is 5.75 Å². The summed E-state index contributed by atoms with van der Waals surface area (Å²) in [4.78, 5) is 4.36. The SMILES string of the molecule is Cc1ccc(O)c(-c2nc(C3CC3C)no2)c1. The predicted octanol–water partition coefficient (Wildman–Crippen LogP) is 2.87. The van der Waals surface area contributed by atoms with Gasteiger partial charge in [0, 0.05) is 5.92 Å². The van der Waals surface area contributed by atoms with E-state index in [0.717, 1.165) is 17.8 Å². The van der Waals surface area contributed by atoms with Crippen LogP contribution >= 0.6 is 0 Å². The summed E-state index contributed by atoms with van der Waals surface area (Å²) in [6, 6.07) is 5.34. The number of aromatic nitrogens is 2. The predicted molar refractivity (Wildman–Crippen MR) is 62.7 cm³/mol. The maximum absolute atomic E-state index is 9.78. The standard InChI is InChI=1S/C13H14N2O2/c1-7-3-4-11(16)10(5-7)13-14-12(15-17-13)9-6-8(9)2/h3-5,8-9,16H,6H2,1-2H3. The average molecular weight is 230 g/mol. The molecule has 17 heavy (non-hydrogen) atoms. The zero-order valence-electron chi connectivity index (χ0n) is 9.84. The Labute approximate surface area is 99.3 Å². The van der Waals surface area contributed by atoms with Crippen molar-refractivity contribution < 1.29 is 9.63 Å². The Morgan fingerprint density at radius 1 is 1.41 bits per heavy atom. The lowest BCUT2D eigenvalue weighted by molar-refractivity contribution is 0.417. The minimum Gasteiger partial charge on any atom is -0.507 e. The van der Waals surface area contributed by atoms with Crippen LogP contribution in [0.2, 0.25) is 0 Å². The lowest BCUT2D eigenvalue weighted by Crippen LogP contribution is -1.85. The van der Waals surface area contributed by atoms with E-state index in [1.807, 2.05) is 19.1 Å². The van der Waals surface area contributed by atoms with Gasteiger partial charge in [0.05, 0.1) is 5.56 Å². The number of nitrogens with zero attached hydrogens (tertiary/aromatic N) is 2. The van der Waals surface area contributed by atoms with Crippen LogP contribution in [-0.4, -0.2) is 15.2 Å². The monoisotopic (exact) mass is 230 g/mol. The molecule has 1 aromatic heterocycles. The first-order valence-corrected chi connectivity index (χ1v) is 5.79. The van der Waals surface area contributed by atoms with Gasteiger partial charge in [-0.15, -0.1) is 0 Å². The number of hydrogen-bond donors (Lipinski definition) is 1. The van der Waals surface area contributed by atoms with E-state index in [4.69, 9.17) is 4.52 Å². The normalized spacial score (nSPS) is 22.7. The molecule has 0 aliphatic heterocycles. The van der Waals surface area contributed by atoms with Crippen LogP contribution in [0.5, 0.6) is 5.75 Å². The van der Waals surface area contributed by atoms with Crippen LogP contribution in [0.4, 0.5) is 0 Å². The molecule has 0 amide bonds. The fourth-order valence-corrected chi connectivity index (χ4v) is 2.00. The van der Waals surface area contributed by atoms with E-state index < -0.39 is 0 Å². The van der Waals surface area contributed by atoms with E-state index in [9.17, 15) is 5.11 Å². The van der Waals surface area contributed by atoms with Crippen LogP contribution in [0, 0.1) is 12.8 Å². The molecule has 1 aliphatic carbocycles. The highest BCUT2D eigenvalue weighted by molar-refractivity contribution is 5.63. The molecule has 4 heteroatoms. The van der Waals surface area contributed by atoms with Crippen molar-refractivity contribution in [1.82, 2.24) is 10.1 Å². The number of aromatic hydroxyl groups is 1. The Kier molecular flexibility index (Phi) is 2.18. The Morgan fingerprint density at radius 2 is 2.18 bits per heavy atom. The number of rotatable bonds is 2. The van der Waals surface area contributed by atoms with Gasteiger partial charge in [-0.2, -0.15) is 4.98 Å². The molecule has 0 radical (unpaired) electrons. The van der Waals surface area contributed by atoms with Crippen molar-refractivity contribution in [3.63, 3.8) is 0 Å². The largest absolute Gasteiger partial charge is 0.507 e. The van der Waals surface area contributed by atoms with E-state index in [-0.39, 0.29) is 5.75 Å². The van der Waals surface area contributed by atoms with Gasteiger partial charge in [-0.05, 0) is 31.4 Å². The van der Waals surface area contributed by atoms with Gasteiger partial charge in [-0.3, -0.25) is 0 Å². The van der Waals surface area contributed by atoms with Gasteiger partial charge in [-0.1, -0.05) is 23.7 Å². The fraction of sp³-hybridized carbons (Fsp3) is 0.385. The molecule has 1 saturated carbocycles. The molecule has 1 fully saturated rings. The summed E-state index contributed by atoms with van der Waals surface area (Å²) in [6.45, 7) is 4.13. The molecule has 2 atom stereocenters. The summed E-state index contributed by atoms with van der Waals surface area (Å²) >= 11 is 0. The second-order valence-corrected chi connectivity index (χ2v) is 4.80. The van der Waals surface area contributed by atoms with E-state index in [1.54, 1.807) is 6.07 Å². The maximum Gasteiger partial charge on any atom is 0.261 e. The number of phenolic OH excluding ortho intramolecular Hbond substituents is 1. The smallest absolute Gasteiger partial charge is 0.261 e. The molecule has 1 aliphatic rings. The van der Waals surface area contributed by atoms with Crippen molar-refractivity contribution >= 4 is 0 Å². The van der Waals surface area contributed by atoms with Crippen molar-refractivity contribution in [3.05, 3.63) is 29.6 Å². The fourth-order valence-electron chi connectivity index (χ4n) is 2.00. The quantitative estimate of drug-likeness (QED) is 0.861. The number of hydrogen-bond acceptors (Lipinski definition) is 4. The van der Waals surface area contributed by atoms with Gasteiger partial charge in [0.25, 0.3) is 5.89 Å². The first-order chi connectivity index (χ1) is 8.15. The Hall–Kier alpha value is -1.84. The lowest BCUT2D eigenvalue weighted by atomic mass is 10.1. The minimum atomic E-state index is 0.176. The van der Waals surface area contributed by atoms with Crippen molar-refractivity contribution in [2.45, 2.75) is 26.2 Å². The number of benzene rings is 1. The molecule has 2 aromatic rings. The van der Waals surface area contributed by atoms with Gasteiger partial charge in [-0.25, -0.2) is 0 Å². The van der Waals surface area contributed by atoms with E-state index in [1.165, 1.54) is 0 Å². The van der Waals surface area contributed by atoms with E-state index in [0.29, 0.717) is 23.3 Å². The third-order valence-electron chi connectivity index (χ3n) is 3.27. The second-order valence-electron chi connectivity index (χ2n) is 4.80. The zero-order valence-corrected chi connectivity index (χ0v) is 9.84. The third-order valence-corrected chi connectivity index (χ3v) is 3.27. The highest BCUT2D eigenvalue weighted by atomic mass is 16.5. The van der Waals surface area contributed by atoms with Crippen LogP contribution < -0.4 is 0 Å². The van der Waals surface area contributed by atoms with Crippen molar-refractivity contribution in [2.75, 3.05) is 0 Å². The maximum atomic E-state index is 9.78. The van der Waals surface area contributed by atoms with Crippen LogP contribution in [0.1, 0.15) is 30.7 Å². The van der Waals surface area contributed by atoms with Crippen molar-refractivity contribution in [1.29, 1.82) is 0 Å². The molecule has 0 saturated heterocycles. The molecule has 1 N–H and O–H groups in total. The molecule has 1 heterocycles. The molecule has 88 valence electrons. The summed E-state index contributed by atoms with van der Waals surface area (Å²) in [6.07, 6.45) is 1.12. The first-order valence-electron chi connectivity index (χ1n) is 5.79. The zero-order chi connectivity index (χ0) is 12.0. The molecule has 3 rings (SSSR count). The molecular weight excluding hydrogens is 216 g/mol. The third kappa shape index (κ3) is 1.79. The second kappa shape index (κ2) is 3.58. The molecular formula is C13H14N2O2. The summed E-state index contributed by atoms with van der Waals surface area (Å²) in [5.41, 5.74) is 1.66. The Morgan fingerprint density at radius 3 is 2.88 bits per heavy atom. The van der Waals surface area contributed by atoms with Gasteiger partial charge < -0.3 is 9.63 Å². The van der Waals surface area contributed by atoms with Crippen molar-refractivity contribution in [3.8, 4) is 17.2 Å². The van der Waals surface area contributed by atoms with Gasteiger partial charge in [0.2, 0.25) is 0 Å². The molecule has 2 unspecified atom stereocenters. The highest BCUT2D eigenvalue weighted by Gasteiger charge is 2.38. The first kappa shape index (κ1) is 10.3. The lowest BCUT2D eigenvalue weighted by Gasteiger charge is -1.99. The Bertz CT molecular complexity index is 562. The topological polar surface area (TPSA) is 59.2 Å². The number of aryl methyl sites for hydroxylation is 1. The highest BCUT2D eigenvalue weighted by Crippen LogP contribution is 2.46. The molecule has 0 spiro atoms. The summed E-state index contributed by atoms with van der Waals surface area (Å²) in [7, 11) is 0. The summed E-state index contributed by atoms with van der Waals surface area (Å²) in [5.74, 6) is 2.41. The molecule has 4 nitrogen and oxygen atoms in total. The van der Waals surface area contributed by atoms with E-state index >= 15 is 0 Å². The average Bonchev–Trinajstić information content (AvgIpc) is 2.85. The Balaban J connectivity index is 1.98. The number of phenols is 1. The van der Waals surface area contributed by atoms with Crippen LogP contribution in [0.15, 0.2) is 22.7 Å². The van der Waals surface area contributed by atoms with Gasteiger partial charge >= 0.3 is 0 Å². The summed E-state index contributed by atoms with van der Waals surface area (Å²) in [5, 5.41) is 13.8. The van der Waals surface area contributed by atoms with Gasteiger partial charge in [0.15, 0.2) is 5.82 Å².